The monoisotopic (exact) mass is 200 g/mol. The highest BCUT2D eigenvalue weighted by atomic mass is 16.5. The Morgan fingerprint density at radius 3 is 2.57 bits per heavy atom. The van der Waals surface area contributed by atoms with E-state index in [-0.39, 0.29) is 11.9 Å². The largest absolute Gasteiger partial charge is 0.383 e. The highest BCUT2D eigenvalue weighted by Crippen LogP contribution is 2.31. The molecule has 1 rings (SSSR count). The average Bonchev–Trinajstić information content (AvgIpc) is 2.12. The minimum atomic E-state index is -0.587. The van der Waals surface area contributed by atoms with Gasteiger partial charge in [0.05, 0.1) is 18.2 Å². The van der Waals surface area contributed by atoms with Crippen LogP contribution in [-0.4, -0.2) is 43.2 Å². The second-order valence-electron chi connectivity index (χ2n) is 4.23. The molecule has 82 valence electrons. The van der Waals surface area contributed by atoms with Gasteiger partial charge in [-0.15, -0.1) is 0 Å². The number of methoxy groups -OCH3 is 1. The molecule has 14 heavy (non-hydrogen) atoms. The number of ether oxygens (including phenoxy) is 1. The molecule has 0 spiro atoms. The van der Waals surface area contributed by atoms with Gasteiger partial charge in [0, 0.05) is 14.2 Å². The fourth-order valence-corrected chi connectivity index (χ4v) is 1.68. The maximum Gasteiger partial charge on any atom is 0.242 e. The Hall–Kier alpha value is -0.610. The summed E-state index contributed by atoms with van der Waals surface area (Å²) in [5.74, 6) is 0.0494. The number of hydrogen-bond acceptors (Lipinski definition) is 3. The summed E-state index contributed by atoms with van der Waals surface area (Å²) in [6, 6.07) is 0.0912. The van der Waals surface area contributed by atoms with Crippen molar-refractivity contribution < 1.29 is 9.53 Å². The molecule has 0 aromatic rings. The van der Waals surface area contributed by atoms with Crippen molar-refractivity contribution in [3.05, 3.63) is 0 Å². The molecule has 0 saturated heterocycles. The molecular weight excluding hydrogens is 180 g/mol. The predicted molar refractivity (Wildman–Crippen MR) is 54.9 cm³/mol. The molecule has 1 saturated carbocycles. The first-order chi connectivity index (χ1) is 6.51. The summed E-state index contributed by atoms with van der Waals surface area (Å²) in [5.41, 5.74) is 5.36. The van der Waals surface area contributed by atoms with Gasteiger partial charge >= 0.3 is 0 Å². The Kier molecular flexibility index (Phi) is 3.50. The second kappa shape index (κ2) is 4.28. The molecule has 1 fully saturated rings. The van der Waals surface area contributed by atoms with Gasteiger partial charge in [-0.25, -0.2) is 0 Å². The number of nitrogens with two attached hydrogens (primary N) is 1. The highest BCUT2D eigenvalue weighted by molar-refractivity contribution is 5.87. The van der Waals surface area contributed by atoms with Crippen LogP contribution in [-0.2, 0) is 9.53 Å². The van der Waals surface area contributed by atoms with Crippen LogP contribution in [0.1, 0.15) is 26.2 Å². The summed E-state index contributed by atoms with van der Waals surface area (Å²) in [7, 11) is 3.43. The second-order valence-corrected chi connectivity index (χ2v) is 4.23. The smallest absolute Gasteiger partial charge is 0.242 e. The average molecular weight is 200 g/mol. The first-order valence-electron chi connectivity index (χ1n) is 5.06. The van der Waals surface area contributed by atoms with Gasteiger partial charge in [-0.1, -0.05) is 0 Å². The molecule has 0 bridgehead atoms. The van der Waals surface area contributed by atoms with E-state index in [2.05, 4.69) is 0 Å². The lowest BCUT2D eigenvalue weighted by Crippen LogP contribution is -2.60. The fourth-order valence-electron chi connectivity index (χ4n) is 1.68. The molecule has 1 aliphatic carbocycles. The van der Waals surface area contributed by atoms with E-state index in [0.717, 1.165) is 19.3 Å². The number of carbonyl (C=O) groups excluding carboxylic acids is 1. The number of hydrogen-bond donors (Lipinski definition) is 1. The third-order valence-corrected chi connectivity index (χ3v) is 3.06. The minimum absolute atomic E-state index is 0.0494. The van der Waals surface area contributed by atoms with Gasteiger partial charge in [0.1, 0.15) is 0 Å². The normalized spacial score (nSPS) is 21.1. The minimum Gasteiger partial charge on any atom is -0.383 e. The van der Waals surface area contributed by atoms with Crippen molar-refractivity contribution >= 4 is 5.91 Å². The SMILES string of the molecule is COCC(C)N(C)C(=O)C1(N)CCC1. The molecule has 1 unspecified atom stereocenters. The summed E-state index contributed by atoms with van der Waals surface area (Å²) in [6.07, 6.45) is 2.69. The molecule has 1 atom stereocenters. The van der Waals surface area contributed by atoms with E-state index in [1.54, 1.807) is 19.1 Å². The Balaban J connectivity index is 2.51. The van der Waals surface area contributed by atoms with Gasteiger partial charge < -0.3 is 15.4 Å². The first kappa shape index (κ1) is 11.5. The van der Waals surface area contributed by atoms with Crippen molar-refractivity contribution in [3.8, 4) is 0 Å². The van der Waals surface area contributed by atoms with Crippen LogP contribution in [0.4, 0.5) is 0 Å². The van der Waals surface area contributed by atoms with Crippen molar-refractivity contribution in [2.75, 3.05) is 20.8 Å². The van der Waals surface area contributed by atoms with E-state index in [0.29, 0.717) is 6.61 Å². The van der Waals surface area contributed by atoms with Crippen LogP contribution >= 0.6 is 0 Å². The van der Waals surface area contributed by atoms with Crippen molar-refractivity contribution in [2.45, 2.75) is 37.8 Å². The number of carbonyl (C=O) groups is 1. The first-order valence-corrected chi connectivity index (χ1v) is 5.06. The van der Waals surface area contributed by atoms with Crippen LogP contribution in [0, 0.1) is 0 Å². The maximum atomic E-state index is 11.9. The van der Waals surface area contributed by atoms with Gasteiger partial charge in [0.2, 0.25) is 5.91 Å². The third kappa shape index (κ3) is 2.07. The predicted octanol–water partition coefficient (Wildman–Crippen LogP) is 0.361. The lowest BCUT2D eigenvalue weighted by molar-refractivity contribution is -0.141. The van der Waals surface area contributed by atoms with Crippen LogP contribution < -0.4 is 5.73 Å². The van der Waals surface area contributed by atoms with E-state index in [9.17, 15) is 4.79 Å². The lowest BCUT2D eigenvalue weighted by Gasteiger charge is -2.40. The summed E-state index contributed by atoms with van der Waals surface area (Å²) in [5, 5.41) is 0. The van der Waals surface area contributed by atoms with Crippen LogP contribution in [0.2, 0.25) is 0 Å². The Morgan fingerprint density at radius 1 is 1.64 bits per heavy atom. The van der Waals surface area contributed by atoms with Crippen LogP contribution in [0.3, 0.4) is 0 Å². The number of amides is 1. The molecule has 4 heteroatoms. The Bertz CT molecular complexity index is 214. The number of nitrogens with zero attached hydrogens (tertiary/aromatic N) is 1. The molecule has 4 nitrogen and oxygen atoms in total. The molecular formula is C10H20N2O2. The van der Waals surface area contributed by atoms with Crippen molar-refractivity contribution in [3.63, 3.8) is 0 Å². The van der Waals surface area contributed by atoms with E-state index in [1.807, 2.05) is 6.92 Å². The van der Waals surface area contributed by atoms with E-state index >= 15 is 0 Å². The zero-order chi connectivity index (χ0) is 10.8. The van der Waals surface area contributed by atoms with Gasteiger partial charge in [-0.05, 0) is 26.2 Å². The van der Waals surface area contributed by atoms with Gasteiger partial charge in [0.15, 0.2) is 0 Å². The number of likely N-dealkylation sites (N-methyl/N-ethyl adjacent to an activating group) is 1. The summed E-state index contributed by atoms with van der Waals surface area (Å²) < 4.78 is 5.00. The molecule has 0 radical (unpaired) electrons. The summed E-state index contributed by atoms with van der Waals surface area (Å²) >= 11 is 0. The van der Waals surface area contributed by atoms with Crippen molar-refractivity contribution in [1.82, 2.24) is 4.90 Å². The molecule has 2 N–H and O–H groups in total. The molecule has 1 aliphatic rings. The van der Waals surface area contributed by atoms with E-state index in [1.165, 1.54) is 0 Å². The Morgan fingerprint density at radius 2 is 2.21 bits per heavy atom. The molecule has 0 aliphatic heterocycles. The maximum absolute atomic E-state index is 11.9. The van der Waals surface area contributed by atoms with Gasteiger partial charge in [-0.3, -0.25) is 4.79 Å². The number of rotatable bonds is 4. The Labute approximate surface area is 85.4 Å². The van der Waals surface area contributed by atoms with E-state index < -0.39 is 5.54 Å². The topological polar surface area (TPSA) is 55.6 Å². The van der Waals surface area contributed by atoms with Crippen molar-refractivity contribution in [2.24, 2.45) is 5.73 Å². The zero-order valence-corrected chi connectivity index (χ0v) is 9.25. The molecule has 1 amide bonds. The molecule has 0 aromatic carbocycles. The fraction of sp³-hybridized carbons (Fsp3) is 0.900. The van der Waals surface area contributed by atoms with Gasteiger partial charge in [-0.2, -0.15) is 0 Å². The standard InChI is InChI=1S/C10H20N2O2/c1-8(7-14-3)12(2)9(13)10(11)5-4-6-10/h8H,4-7,11H2,1-3H3. The van der Waals surface area contributed by atoms with Crippen LogP contribution in [0.15, 0.2) is 0 Å². The molecule has 0 heterocycles. The van der Waals surface area contributed by atoms with Gasteiger partial charge in [0.25, 0.3) is 0 Å². The van der Waals surface area contributed by atoms with Crippen LogP contribution in [0.5, 0.6) is 0 Å². The lowest BCUT2D eigenvalue weighted by atomic mass is 9.76. The molecule has 0 aromatic heterocycles. The van der Waals surface area contributed by atoms with E-state index in [4.69, 9.17) is 10.5 Å². The summed E-state index contributed by atoms with van der Waals surface area (Å²) in [6.45, 7) is 2.52. The van der Waals surface area contributed by atoms with Crippen LogP contribution in [0.25, 0.3) is 0 Å². The summed E-state index contributed by atoms with van der Waals surface area (Å²) in [4.78, 5) is 13.6. The zero-order valence-electron chi connectivity index (χ0n) is 9.25. The van der Waals surface area contributed by atoms with Crippen molar-refractivity contribution in [1.29, 1.82) is 0 Å². The highest BCUT2D eigenvalue weighted by Gasteiger charge is 2.42. The third-order valence-electron chi connectivity index (χ3n) is 3.06. The quantitative estimate of drug-likeness (QED) is 0.713.